The second-order valence-corrected chi connectivity index (χ2v) is 10.3. The fourth-order valence-corrected chi connectivity index (χ4v) is 5.62. The molecule has 0 N–H and O–H groups in total. The van der Waals surface area contributed by atoms with Gasteiger partial charge in [0.2, 0.25) is 5.91 Å². The minimum Gasteiger partial charge on any atom is -0.357 e. The summed E-state index contributed by atoms with van der Waals surface area (Å²) >= 11 is 7.86. The molecule has 1 saturated heterocycles. The quantitative estimate of drug-likeness (QED) is 0.330. The molecule has 2 aromatic rings. The molecule has 2 amide bonds. The van der Waals surface area contributed by atoms with Crippen molar-refractivity contribution in [3.63, 3.8) is 0 Å². The van der Waals surface area contributed by atoms with Crippen LogP contribution in [0.2, 0.25) is 5.15 Å². The van der Waals surface area contributed by atoms with Crippen LogP contribution in [-0.4, -0.2) is 70.9 Å². The second-order valence-electron chi connectivity index (χ2n) is 9.02. The second kappa shape index (κ2) is 11.4. The first-order valence-corrected chi connectivity index (χ1v) is 13.3. The van der Waals surface area contributed by atoms with E-state index in [1.165, 1.54) is 32.1 Å². The summed E-state index contributed by atoms with van der Waals surface area (Å²) in [5.74, 6) is 1.64. The zero-order valence-electron chi connectivity index (χ0n) is 19.9. The van der Waals surface area contributed by atoms with E-state index in [-0.39, 0.29) is 11.8 Å². The average molecular weight is 502 g/mol. The number of hydrogen-bond acceptors (Lipinski definition) is 6. The predicted octanol–water partition coefficient (Wildman–Crippen LogP) is 4.50. The van der Waals surface area contributed by atoms with Gasteiger partial charge in [0.05, 0.1) is 0 Å². The minimum absolute atomic E-state index is 0.0102. The van der Waals surface area contributed by atoms with Crippen molar-refractivity contribution in [3.05, 3.63) is 46.6 Å². The van der Waals surface area contributed by atoms with Crippen LogP contribution >= 0.6 is 23.4 Å². The largest absolute Gasteiger partial charge is 0.357 e. The third-order valence-corrected chi connectivity index (χ3v) is 7.84. The molecular formula is C25H32ClN5O2S. The van der Waals surface area contributed by atoms with Crippen molar-refractivity contribution in [3.8, 4) is 0 Å². The highest BCUT2D eigenvalue weighted by Gasteiger charge is 2.23. The molecule has 0 spiro atoms. The summed E-state index contributed by atoms with van der Waals surface area (Å²) in [6, 6.07) is 10.1. The number of benzene rings is 1. The van der Waals surface area contributed by atoms with Gasteiger partial charge in [0.25, 0.3) is 5.91 Å². The number of hydrogen-bond donors (Lipinski definition) is 0. The molecule has 0 unspecified atom stereocenters. The number of anilines is 1. The van der Waals surface area contributed by atoms with Gasteiger partial charge in [0.15, 0.2) is 5.16 Å². The number of halogens is 1. The van der Waals surface area contributed by atoms with Gasteiger partial charge in [-0.2, -0.15) is 0 Å². The molecule has 1 aliphatic heterocycles. The van der Waals surface area contributed by atoms with E-state index in [0.29, 0.717) is 53.8 Å². The molecule has 182 valence electrons. The third kappa shape index (κ3) is 6.21. The molecule has 4 rings (SSSR count). The van der Waals surface area contributed by atoms with Gasteiger partial charge in [-0.3, -0.25) is 9.59 Å². The van der Waals surface area contributed by atoms with Crippen LogP contribution in [0, 0.1) is 0 Å². The van der Waals surface area contributed by atoms with Gasteiger partial charge in [0.1, 0.15) is 11.0 Å². The SMILES string of the molecule is CC(=O)N1CCN(C(=O)c2ccc(CSc3nc(Cl)cc(N(C)C4CCCCC4)n3)cc2)CC1. The summed E-state index contributed by atoms with van der Waals surface area (Å²) in [6.45, 7) is 3.89. The Morgan fingerprint density at radius 3 is 2.32 bits per heavy atom. The molecule has 0 radical (unpaired) electrons. The lowest BCUT2D eigenvalue weighted by molar-refractivity contribution is -0.130. The van der Waals surface area contributed by atoms with Gasteiger partial charge in [-0.15, -0.1) is 0 Å². The van der Waals surface area contributed by atoms with Crippen molar-refractivity contribution in [1.29, 1.82) is 0 Å². The Balaban J connectivity index is 1.34. The Kier molecular flexibility index (Phi) is 8.32. The smallest absolute Gasteiger partial charge is 0.253 e. The molecule has 7 nitrogen and oxygen atoms in total. The van der Waals surface area contributed by atoms with E-state index >= 15 is 0 Å². The first-order valence-electron chi connectivity index (χ1n) is 11.9. The first-order chi connectivity index (χ1) is 16.4. The monoisotopic (exact) mass is 501 g/mol. The fraction of sp³-hybridized carbons (Fsp3) is 0.520. The summed E-state index contributed by atoms with van der Waals surface area (Å²) < 4.78 is 0. The molecule has 34 heavy (non-hydrogen) atoms. The lowest BCUT2D eigenvalue weighted by Crippen LogP contribution is -2.50. The summed E-state index contributed by atoms with van der Waals surface area (Å²) in [6.07, 6.45) is 6.23. The van der Waals surface area contributed by atoms with Crippen LogP contribution in [0.4, 0.5) is 5.82 Å². The maximum Gasteiger partial charge on any atom is 0.253 e. The molecular weight excluding hydrogens is 470 g/mol. The maximum absolute atomic E-state index is 12.8. The highest BCUT2D eigenvalue weighted by Crippen LogP contribution is 2.29. The van der Waals surface area contributed by atoms with Crippen molar-refractivity contribution in [2.45, 2.75) is 56.0 Å². The van der Waals surface area contributed by atoms with E-state index in [4.69, 9.17) is 16.6 Å². The van der Waals surface area contributed by atoms with Crippen LogP contribution in [0.1, 0.15) is 54.9 Å². The minimum atomic E-state index is 0.0102. The van der Waals surface area contributed by atoms with Gasteiger partial charge in [-0.1, -0.05) is 54.8 Å². The van der Waals surface area contributed by atoms with Crippen molar-refractivity contribution in [1.82, 2.24) is 19.8 Å². The van der Waals surface area contributed by atoms with Crippen molar-refractivity contribution >= 4 is 41.0 Å². The Labute approximate surface area is 210 Å². The fourth-order valence-electron chi connectivity index (χ4n) is 4.58. The lowest BCUT2D eigenvalue weighted by Gasteiger charge is -2.34. The van der Waals surface area contributed by atoms with E-state index in [2.05, 4.69) is 16.9 Å². The summed E-state index contributed by atoms with van der Waals surface area (Å²) in [4.78, 5) is 39.3. The van der Waals surface area contributed by atoms with Crippen LogP contribution in [0.25, 0.3) is 0 Å². The predicted molar refractivity (Wildman–Crippen MR) is 136 cm³/mol. The molecule has 0 bridgehead atoms. The number of carbonyl (C=O) groups is 2. The van der Waals surface area contributed by atoms with Crippen molar-refractivity contribution < 1.29 is 9.59 Å². The number of thioether (sulfide) groups is 1. The number of rotatable bonds is 6. The zero-order valence-corrected chi connectivity index (χ0v) is 21.4. The Hall–Kier alpha value is -2.32. The first kappa shape index (κ1) is 24.8. The Bertz CT molecular complexity index is 1000. The van der Waals surface area contributed by atoms with E-state index in [1.54, 1.807) is 23.6 Å². The number of amides is 2. The third-order valence-electron chi connectivity index (χ3n) is 6.73. The van der Waals surface area contributed by atoms with Gasteiger partial charge in [-0.05, 0) is 30.5 Å². The van der Waals surface area contributed by atoms with Crippen LogP contribution in [0.5, 0.6) is 0 Å². The Morgan fingerprint density at radius 1 is 1.03 bits per heavy atom. The van der Waals surface area contributed by atoms with Crippen LogP contribution in [-0.2, 0) is 10.5 Å². The molecule has 1 saturated carbocycles. The van der Waals surface area contributed by atoms with E-state index in [0.717, 1.165) is 11.4 Å². The van der Waals surface area contributed by atoms with Crippen molar-refractivity contribution in [2.24, 2.45) is 0 Å². The van der Waals surface area contributed by atoms with Gasteiger partial charge in [-0.25, -0.2) is 9.97 Å². The topological polar surface area (TPSA) is 69.6 Å². The molecule has 1 aromatic carbocycles. The molecule has 1 aliphatic carbocycles. The Morgan fingerprint density at radius 2 is 1.68 bits per heavy atom. The highest BCUT2D eigenvalue weighted by molar-refractivity contribution is 7.98. The summed E-state index contributed by atoms with van der Waals surface area (Å²) in [7, 11) is 2.10. The molecule has 2 aliphatic rings. The molecule has 9 heteroatoms. The summed E-state index contributed by atoms with van der Waals surface area (Å²) in [5, 5.41) is 1.12. The molecule has 2 heterocycles. The number of carbonyl (C=O) groups excluding carboxylic acids is 2. The average Bonchev–Trinajstić information content (AvgIpc) is 2.87. The van der Waals surface area contributed by atoms with Crippen LogP contribution in [0.15, 0.2) is 35.5 Å². The zero-order chi connectivity index (χ0) is 24.1. The van der Waals surface area contributed by atoms with Crippen molar-refractivity contribution in [2.75, 3.05) is 38.1 Å². The highest BCUT2D eigenvalue weighted by atomic mass is 35.5. The van der Waals surface area contributed by atoms with Crippen LogP contribution in [0.3, 0.4) is 0 Å². The normalized spacial score (nSPS) is 17.0. The number of piperazine rings is 1. The molecule has 1 aromatic heterocycles. The van der Waals surface area contributed by atoms with Crippen LogP contribution < -0.4 is 4.90 Å². The standard InChI is InChI=1S/C25H32ClN5O2S/c1-18(32)30-12-14-31(15-13-30)24(33)20-10-8-19(9-11-20)17-34-25-27-22(26)16-23(28-25)29(2)21-6-4-3-5-7-21/h8-11,16,21H,3-7,12-15,17H2,1-2H3. The maximum atomic E-state index is 12.8. The van der Waals surface area contributed by atoms with E-state index < -0.39 is 0 Å². The van der Waals surface area contributed by atoms with E-state index in [1.807, 2.05) is 35.2 Å². The molecule has 2 fully saturated rings. The van der Waals surface area contributed by atoms with Gasteiger partial charge >= 0.3 is 0 Å². The summed E-state index contributed by atoms with van der Waals surface area (Å²) in [5.41, 5.74) is 1.76. The number of nitrogens with zero attached hydrogens (tertiary/aromatic N) is 5. The van der Waals surface area contributed by atoms with E-state index in [9.17, 15) is 9.59 Å². The lowest BCUT2D eigenvalue weighted by atomic mass is 9.94. The van der Waals surface area contributed by atoms with Gasteiger partial charge < -0.3 is 14.7 Å². The molecule has 0 atom stereocenters. The van der Waals surface area contributed by atoms with Gasteiger partial charge in [0, 0.05) is 63.6 Å². The number of aromatic nitrogens is 2.